The van der Waals surface area contributed by atoms with Crippen LogP contribution in [0.3, 0.4) is 0 Å². The fourth-order valence-electron chi connectivity index (χ4n) is 3.17. The van der Waals surface area contributed by atoms with Crippen LogP contribution >= 0.6 is 0 Å². The first-order chi connectivity index (χ1) is 12.6. The van der Waals surface area contributed by atoms with E-state index in [2.05, 4.69) is 17.4 Å². The zero-order chi connectivity index (χ0) is 18.4. The Morgan fingerprint density at radius 1 is 0.885 bits per heavy atom. The highest BCUT2D eigenvalue weighted by molar-refractivity contribution is 5.95. The molecule has 0 saturated carbocycles. The van der Waals surface area contributed by atoms with E-state index in [1.165, 1.54) is 5.56 Å². The summed E-state index contributed by atoms with van der Waals surface area (Å²) in [4.78, 5) is 28.5. The summed E-state index contributed by atoms with van der Waals surface area (Å²) in [7, 11) is 0. The normalized spacial score (nSPS) is 14.2. The van der Waals surface area contributed by atoms with Gasteiger partial charge in [-0.3, -0.25) is 4.79 Å². The van der Waals surface area contributed by atoms with Crippen LogP contribution < -0.4 is 5.32 Å². The van der Waals surface area contributed by atoms with E-state index in [1.54, 1.807) is 4.90 Å². The van der Waals surface area contributed by atoms with Gasteiger partial charge in [0, 0.05) is 38.3 Å². The highest BCUT2D eigenvalue weighted by atomic mass is 16.2. The molecule has 0 bridgehead atoms. The Morgan fingerprint density at radius 2 is 1.50 bits per heavy atom. The van der Waals surface area contributed by atoms with Crippen LogP contribution in [0.5, 0.6) is 0 Å². The third-order valence-electron chi connectivity index (χ3n) is 4.76. The van der Waals surface area contributed by atoms with Gasteiger partial charge in [0.05, 0.1) is 0 Å². The molecular weight excluding hydrogens is 326 g/mol. The van der Waals surface area contributed by atoms with Gasteiger partial charge in [-0.25, -0.2) is 4.79 Å². The number of rotatable bonds is 4. The Morgan fingerprint density at radius 3 is 2.19 bits per heavy atom. The van der Waals surface area contributed by atoms with Gasteiger partial charge in [0.15, 0.2) is 0 Å². The monoisotopic (exact) mass is 351 g/mol. The van der Waals surface area contributed by atoms with Gasteiger partial charge in [-0.05, 0) is 30.5 Å². The van der Waals surface area contributed by atoms with Crippen molar-refractivity contribution in [3.63, 3.8) is 0 Å². The Balaban J connectivity index is 1.45. The minimum absolute atomic E-state index is 0.0484. The molecule has 5 nitrogen and oxygen atoms in total. The van der Waals surface area contributed by atoms with E-state index in [4.69, 9.17) is 0 Å². The van der Waals surface area contributed by atoms with Crippen molar-refractivity contribution in [2.75, 3.05) is 32.7 Å². The molecule has 0 aromatic heterocycles. The molecule has 26 heavy (non-hydrogen) atoms. The molecule has 5 heteroatoms. The Kier molecular flexibility index (Phi) is 5.89. The molecule has 0 radical (unpaired) electrons. The van der Waals surface area contributed by atoms with E-state index in [-0.39, 0.29) is 11.9 Å². The Labute approximate surface area is 154 Å². The second-order valence-corrected chi connectivity index (χ2v) is 6.56. The molecule has 2 aromatic carbocycles. The van der Waals surface area contributed by atoms with Crippen molar-refractivity contribution in [2.45, 2.75) is 13.3 Å². The molecule has 0 aliphatic carbocycles. The van der Waals surface area contributed by atoms with Gasteiger partial charge < -0.3 is 15.1 Å². The molecule has 3 amide bonds. The van der Waals surface area contributed by atoms with Crippen molar-refractivity contribution in [1.29, 1.82) is 0 Å². The number of nitrogens with one attached hydrogen (secondary N) is 1. The molecule has 1 aliphatic heterocycles. The van der Waals surface area contributed by atoms with Crippen molar-refractivity contribution in [1.82, 2.24) is 15.1 Å². The quantitative estimate of drug-likeness (QED) is 0.921. The maximum absolute atomic E-state index is 12.6. The molecule has 1 aliphatic rings. The molecule has 2 aromatic rings. The molecule has 1 fully saturated rings. The average molecular weight is 351 g/mol. The fourth-order valence-corrected chi connectivity index (χ4v) is 3.17. The van der Waals surface area contributed by atoms with Crippen LogP contribution in [0.25, 0.3) is 0 Å². The summed E-state index contributed by atoms with van der Waals surface area (Å²) < 4.78 is 0. The topological polar surface area (TPSA) is 52.7 Å². The van der Waals surface area contributed by atoms with Crippen LogP contribution in [-0.4, -0.2) is 54.5 Å². The van der Waals surface area contributed by atoms with Crippen molar-refractivity contribution in [3.05, 3.63) is 71.3 Å². The second kappa shape index (κ2) is 8.52. The minimum atomic E-state index is -0.0519. The first-order valence-corrected chi connectivity index (χ1v) is 9.07. The van der Waals surface area contributed by atoms with Gasteiger partial charge in [-0.2, -0.15) is 0 Å². The summed E-state index contributed by atoms with van der Waals surface area (Å²) in [5.41, 5.74) is 2.94. The van der Waals surface area contributed by atoms with Crippen molar-refractivity contribution in [3.8, 4) is 0 Å². The summed E-state index contributed by atoms with van der Waals surface area (Å²) >= 11 is 0. The number of benzene rings is 2. The van der Waals surface area contributed by atoms with Crippen molar-refractivity contribution < 1.29 is 9.59 Å². The van der Waals surface area contributed by atoms with E-state index in [1.807, 2.05) is 54.3 Å². The zero-order valence-electron chi connectivity index (χ0n) is 15.1. The van der Waals surface area contributed by atoms with E-state index < -0.39 is 0 Å². The van der Waals surface area contributed by atoms with E-state index in [9.17, 15) is 9.59 Å². The molecule has 0 spiro atoms. The number of aryl methyl sites for hydroxylation is 1. The number of piperazine rings is 1. The number of urea groups is 1. The van der Waals surface area contributed by atoms with E-state index in [0.717, 1.165) is 17.5 Å². The molecule has 0 unspecified atom stereocenters. The van der Waals surface area contributed by atoms with Gasteiger partial charge in [0.1, 0.15) is 0 Å². The zero-order valence-corrected chi connectivity index (χ0v) is 15.1. The van der Waals surface area contributed by atoms with Crippen LogP contribution in [0.4, 0.5) is 4.79 Å². The van der Waals surface area contributed by atoms with Crippen LogP contribution in [0.1, 0.15) is 21.5 Å². The van der Waals surface area contributed by atoms with Gasteiger partial charge in [0.25, 0.3) is 5.91 Å². The lowest BCUT2D eigenvalue weighted by molar-refractivity contribution is 0.0664. The molecule has 1 heterocycles. The largest absolute Gasteiger partial charge is 0.338 e. The minimum Gasteiger partial charge on any atom is -0.338 e. The lowest BCUT2D eigenvalue weighted by atomic mass is 10.1. The third kappa shape index (κ3) is 4.42. The number of carbonyl (C=O) groups is 2. The number of carbonyl (C=O) groups excluding carboxylic acids is 2. The Hall–Kier alpha value is -2.82. The van der Waals surface area contributed by atoms with Gasteiger partial charge in [-0.1, -0.05) is 48.5 Å². The van der Waals surface area contributed by atoms with Crippen LogP contribution in [-0.2, 0) is 6.42 Å². The predicted octanol–water partition coefficient (Wildman–Crippen LogP) is 2.71. The van der Waals surface area contributed by atoms with Crippen LogP contribution in [0.2, 0.25) is 0 Å². The highest BCUT2D eigenvalue weighted by Crippen LogP contribution is 2.13. The highest BCUT2D eigenvalue weighted by Gasteiger charge is 2.25. The number of nitrogens with zero attached hydrogens (tertiary/aromatic N) is 2. The maximum Gasteiger partial charge on any atom is 0.317 e. The molecular formula is C21H25N3O2. The Bertz CT molecular complexity index is 753. The summed E-state index contributed by atoms with van der Waals surface area (Å²) in [5.74, 6) is 0.0484. The molecule has 1 saturated heterocycles. The van der Waals surface area contributed by atoms with E-state index in [0.29, 0.717) is 32.7 Å². The number of amides is 3. The standard InChI is InChI=1S/C21H25N3O2/c1-17-7-5-6-10-19(17)20(25)23-13-15-24(16-14-23)21(26)22-12-11-18-8-3-2-4-9-18/h2-10H,11-16H2,1H3,(H,22,26). The average Bonchev–Trinajstić information content (AvgIpc) is 2.69. The van der Waals surface area contributed by atoms with Crippen molar-refractivity contribution >= 4 is 11.9 Å². The molecule has 1 N–H and O–H groups in total. The van der Waals surface area contributed by atoms with Crippen LogP contribution in [0, 0.1) is 6.92 Å². The smallest absolute Gasteiger partial charge is 0.317 e. The number of hydrogen-bond acceptors (Lipinski definition) is 2. The molecule has 136 valence electrons. The predicted molar refractivity (Wildman–Crippen MR) is 102 cm³/mol. The fraction of sp³-hybridized carbons (Fsp3) is 0.333. The van der Waals surface area contributed by atoms with Crippen LogP contribution in [0.15, 0.2) is 54.6 Å². The summed E-state index contributed by atoms with van der Waals surface area (Å²) in [6.45, 7) is 4.83. The first-order valence-electron chi connectivity index (χ1n) is 9.07. The summed E-state index contributed by atoms with van der Waals surface area (Å²) in [5, 5.41) is 2.97. The van der Waals surface area contributed by atoms with Crippen molar-refractivity contribution in [2.24, 2.45) is 0 Å². The second-order valence-electron chi connectivity index (χ2n) is 6.56. The molecule has 3 rings (SSSR count). The third-order valence-corrected chi connectivity index (χ3v) is 4.76. The first kappa shape index (κ1) is 18.0. The summed E-state index contributed by atoms with van der Waals surface area (Å²) in [6.07, 6.45) is 0.818. The van der Waals surface area contributed by atoms with Gasteiger partial charge >= 0.3 is 6.03 Å². The lowest BCUT2D eigenvalue weighted by Crippen LogP contribution is -2.53. The maximum atomic E-state index is 12.6. The van der Waals surface area contributed by atoms with E-state index >= 15 is 0 Å². The van der Waals surface area contributed by atoms with Gasteiger partial charge in [-0.15, -0.1) is 0 Å². The summed E-state index contributed by atoms with van der Waals surface area (Å²) in [6, 6.07) is 17.7. The SMILES string of the molecule is Cc1ccccc1C(=O)N1CCN(C(=O)NCCc2ccccc2)CC1. The lowest BCUT2D eigenvalue weighted by Gasteiger charge is -2.35. The molecule has 0 atom stereocenters. The number of hydrogen-bond donors (Lipinski definition) is 1. The van der Waals surface area contributed by atoms with Gasteiger partial charge in [0.2, 0.25) is 0 Å².